The van der Waals surface area contributed by atoms with Crippen molar-refractivity contribution in [2.45, 2.75) is 18.8 Å². The zero-order valence-electron chi connectivity index (χ0n) is 13.0. The van der Waals surface area contributed by atoms with E-state index in [1.807, 2.05) is 12.1 Å². The zero-order chi connectivity index (χ0) is 15.5. The summed E-state index contributed by atoms with van der Waals surface area (Å²) in [6.07, 6.45) is 2.03. The van der Waals surface area contributed by atoms with Gasteiger partial charge >= 0.3 is 0 Å². The predicted octanol–water partition coefficient (Wildman–Crippen LogP) is 2.05. The Bertz CT molecular complexity index is 680. The van der Waals surface area contributed by atoms with E-state index >= 15 is 0 Å². The Morgan fingerprint density at radius 3 is 2.74 bits per heavy atom. The maximum absolute atomic E-state index is 12.7. The highest BCUT2D eigenvalue weighted by molar-refractivity contribution is 5.99. The molecule has 124 valence electrons. The van der Waals surface area contributed by atoms with Crippen molar-refractivity contribution in [3.8, 4) is 5.75 Å². The van der Waals surface area contributed by atoms with Gasteiger partial charge in [0.2, 0.25) is 0 Å². The van der Waals surface area contributed by atoms with Crippen LogP contribution in [-0.4, -0.2) is 35.9 Å². The number of nitrogens with one attached hydrogen (secondary N) is 1. The number of hydrogen-bond donors (Lipinski definition) is 2. The molecule has 0 unspecified atom stereocenters. The van der Waals surface area contributed by atoms with Crippen molar-refractivity contribution in [1.82, 2.24) is 15.1 Å². The third-order valence-corrected chi connectivity index (χ3v) is 4.04. The van der Waals surface area contributed by atoms with Gasteiger partial charge in [-0.1, -0.05) is 12.1 Å². The van der Waals surface area contributed by atoms with Crippen LogP contribution in [0.2, 0.25) is 0 Å². The van der Waals surface area contributed by atoms with E-state index in [0.29, 0.717) is 23.0 Å². The number of carbonyl (C=O) groups is 1. The van der Waals surface area contributed by atoms with Crippen molar-refractivity contribution in [1.29, 1.82) is 0 Å². The number of ether oxygens (including phenoxy) is 1. The number of aromatic nitrogens is 2. The first-order valence-electron chi connectivity index (χ1n) is 7.44. The largest absolute Gasteiger partial charge is 0.496 e. The van der Waals surface area contributed by atoms with E-state index in [1.54, 1.807) is 25.3 Å². The summed E-state index contributed by atoms with van der Waals surface area (Å²) in [5.74, 6) is 0.973. The molecular formula is C16H21ClN4O2. The number of nitrogens with zero attached hydrogens (tertiary/aromatic N) is 2. The Morgan fingerprint density at radius 1 is 1.35 bits per heavy atom. The SMILES string of the molecule is COc1ccccc1C(=O)n1nc(C2CCNCC2)cc1N.Cl. The Labute approximate surface area is 141 Å². The third kappa shape index (κ3) is 3.48. The molecule has 0 atom stereocenters. The average molecular weight is 337 g/mol. The maximum Gasteiger partial charge on any atom is 0.283 e. The van der Waals surface area contributed by atoms with Crippen LogP contribution in [0.1, 0.15) is 34.8 Å². The molecule has 0 spiro atoms. The normalized spacial score (nSPS) is 15.0. The Kier molecular flexibility index (Phi) is 5.63. The molecule has 2 heterocycles. The summed E-state index contributed by atoms with van der Waals surface area (Å²) in [6.45, 7) is 1.94. The van der Waals surface area contributed by atoms with Crippen LogP contribution in [0.4, 0.5) is 5.82 Å². The summed E-state index contributed by atoms with van der Waals surface area (Å²) in [4.78, 5) is 12.7. The second-order valence-corrected chi connectivity index (χ2v) is 5.44. The Morgan fingerprint density at radius 2 is 2.04 bits per heavy atom. The molecule has 0 radical (unpaired) electrons. The molecule has 23 heavy (non-hydrogen) atoms. The van der Waals surface area contributed by atoms with Gasteiger partial charge in [0.25, 0.3) is 5.91 Å². The predicted molar refractivity (Wildman–Crippen MR) is 91.5 cm³/mol. The fraction of sp³-hybridized carbons (Fsp3) is 0.375. The molecule has 3 rings (SSSR count). The molecule has 2 aromatic rings. The van der Waals surface area contributed by atoms with Crippen LogP contribution in [0.3, 0.4) is 0 Å². The first-order valence-corrected chi connectivity index (χ1v) is 7.44. The summed E-state index contributed by atoms with van der Waals surface area (Å²) in [5.41, 5.74) is 7.35. The molecular weight excluding hydrogens is 316 g/mol. The summed E-state index contributed by atoms with van der Waals surface area (Å²) < 4.78 is 6.51. The second kappa shape index (κ2) is 7.48. The molecule has 0 bridgehead atoms. The standard InChI is InChI=1S/C16H20N4O2.ClH/c1-22-14-5-3-2-4-12(14)16(21)20-15(17)10-13(19-20)11-6-8-18-9-7-11;/h2-5,10-11,18H,6-9,17H2,1H3;1H. The van der Waals surface area contributed by atoms with Crippen molar-refractivity contribution in [3.05, 3.63) is 41.6 Å². The topological polar surface area (TPSA) is 82.2 Å². The number of anilines is 1. The summed E-state index contributed by atoms with van der Waals surface area (Å²) >= 11 is 0. The molecule has 1 aliphatic heterocycles. The minimum atomic E-state index is -0.268. The van der Waals surface area contributed by atoms with Gasteiger partial charge in [0.1, 0.15) is 11.6 Å². The molecule has 0 amide bonds. The van der Waals surface area contributed by atoms with E-state index in [-0.39, 0.29) is 18.3 Å². The van der Waals surface area contributed by atoms with Crippen LogP contribution < -0.4 is 15.8 Å². The van der Waals surface area contributed by atoms with Gasteiger partial charge < -0.3 is 15.8 Å². The van der Waals surface area contributed by atoms with Gasteiger partial charge in [-0.05, 0) is 38.1 Å². The Hall–Kier alpha value is -2.05. The number of nitrogen functional groups attached to an aromatic ring is 1. The van der Waals surface area contributed by atoms with Gasteiger partial charge in [-0.15, -0.1) is 12.4 Å². The molecule has 1 aromatic heterocycles. The van der Waals surface area contributed by atoms with Gasteiger partial charge in [0.15, 0.2) is 0 Å². The quantitative estimate of drug-likeness (QED) is 0.896. The average Bonchev–Trinajstić information content (AvgIpc) is 2.97. The highest BCUT2D eigenvalue weighted by atomic mass is 35.5. The van der Waals surface area contributed by atoms with E-state index in [0.717, 1.165) is 31.6 Å². The number of methoxy groups -OCH3 is 1. The van der Waals surface area contributed by atoms with Crippen molar-refractivity contribution >= 4 is 24.1 Å². The van der Waals surface area contributed by atoms with Gasteiger partial charge in [-0.2, -0.15) is 9.78 Å². The summed E-state index contributed by atoms with van der Waals surface area (Å²) in [6, 6.07) is 8.89. The molecule has 0 saturated carbocycles. The van der Waals surface area contributed by atoms with Crippen molar-refractivity contribution in [2.24, 2.45) is 0 Å². The fourth-order valence-corrected chi connectivity index (χ4v) is 2.83. The number of hydrogen-bond acceptors (Lipinski definition) is 5. The first kappa shape index (κ1) is 17.3. The molecule has 1 saturated heterocycles. The van der Waals surface area contributed by atoms with Crippen LogP contribution in [-0.2, 0) is 0 Å². The van der Waals surface area contributed by atoms with Crippen molar-refractivity contribution in [2.75, 3.05) is 25.9 Å². The number of carbonyl (C=O) groups excluding carboxylic acids is 1. The van der Waals surface area contributed by atoms with E-state index in [1.165, 1.54) is 4.68 Å². The van der Waals surface area contributed by atoms with E-state index in [4.69, 9.17) is 10.5 Å². The number of para-hydroxylation sites is 1. The fourth-order valence-electron chi connectivity index (χ4n) is 2.83. The van der Waals surface area contributed by atoms with Crippen LogP contribution in [0.15, 0.2) is 30.3 Å². The molecule has 6 nitrogen and oxygen atoms in total. The smallest absolute Gasteiger partial charge is 0.283 e. The number of piperidine rings is 1. The second-order valence-electron chi connectivity index (χ2n) is 5.44. The molecule has 1 aliphatic rings. The Balaban J connectivity index is 0.00000192. The lowest BCUT2D eigenvalue weighted by atomic mass is 9.95. The lowest BCUT2D eigenvalue weighted by Gasteiger charge is -2.20. The minimum Gasteiger partial charge on any atom is -0.496 e. The highest BCUT2D eigenvalue weighted by Crippen LogP contribution is 2.26. The van der Waals surface area contributed by atoms with Crippen LogP contribution in [0.25, 0.3) is 0 Å². The maximum atomic E-state index is 12.7. The number of halogens is 1. The van der Waals surface area contributed by atoms with Gasteiger partial charge in [-0.3, -0.25) is 4.79 Å². The van der Waals surface area contributed by atoms with E-state index < -0.39 is 0 Å². The zero-order valence-corrected chi connectivity index (χ0v) is 13.8. The minimum absolute atomic E-state index is 0. The van der Waals surface area contributed by atoms with Crippen molar-refractivity contribution in [3.63, 3.8) is 0 Å². The van der Waals surface area contributed by atoms with Gasteiger partial charge in [0, 0.05) is 12.0 Å². The number of benzene rings is 1. The number of nitrogens with two attached hydrogens (primary N) is 1. The molecule has 1 aromatic carbocycles. The van der Waals surface area contributed by atoms with Crippen LogP contribution in [0.5, 0.6) is 5.75 Å². The van der Waals surface area contributed by atoms with Gasteiger partial charge in [-0.25, -0.2) is 0 Å². The van der Waals surface area contributed by atoms with Crippen molar-refractivity contribution < 1.29 is 9.53 Å². The third-order valence-electron chi connectivity index (χ3n) is 4.04. The van der Waals surface area contributed by atoms with E-state index in [2.05, 4.69) is 10.4 Å². The molecule has 0 aliphatic carbocycles. The van der Waals surface area contributed by atoms with Crippen LogP contribution >= 0.6 is 12.4 Å². The summed E-state index contributed by atoms with van der Waals surface area (Å²) in [7, 11) is 1.54. The summed E-state index contributed by atoms with van der Waals surface area (Å²) in [5, 5.41) is 7.76. The molecule has 7 heteroatoms. The molecule has 3 N–H and O–H groups in total. The lowest BCUT2D eigenvalue weighted by molar-refractivity contribution is 0.0944. The number of rotatable bonds is 3. The molecule has 1 fully saturated rings. The monoisotopic (exact) mass is 336 g/mol. The first-order chi connectivity index (χ1) is 10.7. The van der Waals surface area contributed by atoms with E-state index in [9.17, 15) is 4.79 Å². The highest BCUT2D eigenvalue weighted by Gasteiger charge is 2.22. The lowest BCUT2D eigenvalue weighted by Crippen LogP contribution is -2.27. The van der Waals surface area contributed by atoms with Gasteiger partial charge in [0.05, 0.1) is 18.4 Å². The van der Waals surface area contributed by atoms with Crippen LogP contribution in [0, 0.1) is 0 Å².